The van der Waals surface area contributed by atoms with Gasteiger partial charge in [0.15, 0.2) is 16.8 Å². The van der Waals surface area contributed by atoms with Gasteiger partial charge in [-0.3, -0.25) is 9.59 Å². The Kier molecular flexibility index (Phi) is 7.91. The van der Waals surface area contributed by atoms with Crippen molar-refractivity contribution in [2.75, 3.05) is 6.61 Å². The van der Waals surface area contributed by atoms with E-state index in [1.807, 2.05) is 67.9 Å². The van der Waals surface area contributed by atoms with Gasteiger partial charge in [0.25, 0.3) is 5.91 Å². The van der Waals surface area contributed by atoms with Gasteiger partial charge in [0.2, 0.25) is 0 Å². The Hall–Kier alpha value is -3.43. The van der Waals surface area contributed by atoms with Crippen molar-refractivity contribution in [3.8, 4) is 0 Å². The molecule has 9 heteroatoms. The third-order valence-electron chi connectivity index (χ3n) is 6.19. The standard InChI is InChI=1S/C27H31N5O3S/c1-5-31-15-21(20-12-7-8-13-23(20)31)24(34)18(4)36-27-30-29-25(32(27)6-2)22(16-33)28-26(35)19-11-9-10-17(3)14-19/h7-15,18,22,33H,5-6,16H2,1-4H3,(H,28,35). The summed E-state index contributed by atoms with van der Waals surface area (Å²) in [7, 11) is 0. The number of hydrogen-bond donors (Lipinski definition) is 2. The summed E-state index contributed by atoms with van der Waals surface area (Å²) >= 11 is 1.33. The SMILES string of the molecule is CCn1c(SC(C)C(=O)c2cn(CC)c3ccccc23)nnc1C(CO)NC(=O)c1cccc(C)c1. The Bertz CT molecular complexity index is 1390. The van der Waals surface area contributed by atoms with Crippen LogP contribution >= 0.6 is 11.8 Å². The molecule has 0 aliphatic rings. The van der Waals surface area contributed by atoms with Crippen LogP contribution in [0.25, 0.3) is 10.9 Å². The highest BCUT2D eigenvalue weighted by molar-refractivity contribution is 8.00. The molecule has 188 valence electrons. The van der Waals surface area contributed by atoms with Gasteiger partial charge in [0, 0.05) is 41.3 Å². The zero-order chi connectivity index (χ0) is 25.8. The summed E-state index contributed by atoms with van der Waals surface area (Å²) in [4.78, 5) is 26.2. The molecular weight excluding hydrogens is 474 g/mol. The molecule has 4 rings (SSSR count). The predicted molar refractivity (Wildman–Crippen MR) is 141 cm³/mol. The smallest absolute Gasteiger partial charge is 0.251 e. The van der Waals surface area contributed by atoms with Crippen LogP contribution in [0.3, 0.4) is 0 Å². The van der Waals surface area contributed by atoms with Gasteiger partial charge in [0.1, 0.15) is 6.04 Å². The molecule has 8 nitrogen and oxygen atoms in total. The van der Waals surface area contributed by atoms with E-state index in [-0.39, 0.29) is 18.3 Å². The van der Waals surface area contributed by atoms with Gasteiger partial charge < -0.3 is 19.6 Å². The summed E-state index contributed by atoms with van der Waals surface area (Å²) in [5.74, 6) is 0.168. The quantitative estimate of drug-likeness (QED) is 0.245. The van der Waals surface area contributed by atoms with Crippen molar-refractivity contribution in [2.24, 2.45) is 0 Å². The van der Waals surface area contributed by atoms with E-state index in [0.717, 1.165) is 23.0 Å². The molecule has 2 N–H and O–H groups in total. The minimum atomic E-state index is -0.728. The number of nitrogens with one attached hydrogen (secondary N) is 1. The summed E-state index contributed by atoms with van der Waals surface area (Å²) in [5.41, 5.74) is 3.21. The van der Waals surface area contributed by atoms with Crippen molar-refractivity contribution in [3.05, 3.63) is 77.2 Å². The fourth-order valence-electron chi connectivity index (χ4n) is 4.30. The second kappa shape index (κ2) is 11.1. The van der Waals surface area contributed by atoms with Gasteiger partial charge in [0.05, 0.1) is 11.9 Å². The molecule has 2 aromatic heterocycles. The van der Waals surface area contributed by atoms with E-state index in [1.54, 1.807) is 12.1 Å². The van der Waals surface area contributed by atoms with Crippen molar-refractivity contribution < 1.29 is 14.7 Å². The second-order valence-electron chi connectivity index (χ2n) is 8.63. The maximum absolute atomic E-state index is 13.4. The number of aromatic nitrogens is 4. The topological polar surface area (TPSA) is 102 Å². The van der Waals surface area contributed by atoms with Crippen LogP contribution in [0.15, 0.2) is 59.9 Å². The Morgan fingerprint density at radius 2 is 1.86 bits per heavy atom. The maximum Gasteiger partial charge on any atom is 0.251 e. The van der Waals surface area contributed by atoms with Gasteiger partial charge in [-0.25, -0.2) is 0 Å². The normalized spacial score (nSPS) is 13.0. The Balaban J connectivity index is 1.55. The van der Waals surface area contributed by atoms with E-state index < -0.39 is 11.3 Å². The number of thioether (sulfide) groups is 1. The number of fused-ring (bicyclic) bond motifs is 1. The number of rotatable bonds is 10. The molecule has 2 heterocycles. The molecular formula is C27H31N5O3S. The van der Waals surface area contributed by atoms with Crippen molar-refractivity contribution in [1.29, 1.82) is 0 Å². The van der Waals surface area contributed by atoms with E-state index in [9.17, 15) is 14.7 Å². The lowest BCUT2D eigenvalue weighted by atomic mass is 10.1. The lowest BCUT2D eigenvalue weighted by Gasteiger charge is -2.18. The van der Waals surface area contributed by atoms with E-state index in [1.165, 1.54) is 11.8 Å². The van der Waals surface area contributed by atoms with Gasteiger partial charge in [-0.05, 0) is 45.9 Å². The minimum absolute atomic E-state index is 0.0158. The van der Waals surface area contributed by atoms with Crippen LogP contribution in [0.1, 0.15) is 58.9 Å². The number of carbonyl (C=O) groups excluding carboxylic acids is 2. The monoisotopic (exact) mass is 505 g/mol. The van der Waals surface area contributed by atoms with E-state index in [2.05, 4.69) is 27.0 Å². The number of nitrogens with zero attached hydrogens (tertiary/aromatic N) is 4. The number of aliphatic hydroxyl groups is 1. The van der Waals surface area contributed by atoms with Crippen molar-refractivity contribution >= 4 is 34.4 Å². The van der Waals surface area contributed by atoms with E-state index in [0.29, 0.717) is 28.7 Å². The highest BCUT2D eigenvalue weighted by Gasteiger charge is 2.26. The summed E-state index contributed by atoms with van der Waals surface area (Å²) in [5, 5.41) is 22.6. The minimum Gasteiger partial charge on any atom is -0.394 e. The van der Waals surface area contributed by atoms with Crippen molar-refractivity contribution in [2.45, 2.75) is 57.2 Å². The molecule has 4 aromatic rings. The van der Waals surface area contributed by atoms with Crippen LogP contribution in [-0.4, -0.2) is 48.0 Å². The zero-order valence-electron chi connectivity index (χ0n) is 20.9. The van der Waals surface area contributed by atoms with Crippen molar-refractivity contribution in [3.63, 3.8) is 0 Å². The molecule has 0 saturated heterocycles. The number of aliphatic hydroxyl groups excluding tert-OH is 1. The molecule has 0 aliphatic carbocycles. The number of Topliss-reactive ketones (excluding diaryl/α,β-unsaturated/α-hetero) is 1. The molecule has 0 spiro atoms. The molecule has 2 unspecified atom stereocenters. The van der Waals surface area contributed by atoms with Crippen LogP contribution in [0.4, 0.5) is 0 Å². The lowest BCUT2D eigenvalue weighted by Crippen LogP contribution is -2.33. The Morgan fingerprint density at radius 3 is 2.56 bits per heavy atom. The van der Waals surface area contributed by atoms with Crippen LogP contribution in [0.2, 0.25) is 0 Å². The first-order chi connectivity index (χ1) is 17.4. The Labute approximate surface area is 214 Å². The highest BCUT2D eigenvalue weighted by Crippen LogP contribution is 2.30. The molecule has 2 aromatic carbocycles. The van der Waals surface area contributed by atoms with E-state index >= 15 is 0 Å². The average molecular weight is 506 g/mol. The molecule has 1 amide bonds. The van der Waals surface area contributed by atoms with Gasteiger partial charge in [-0.15, -0.1) is 10.2 Å². The molecule has 0 fully saturated rings. The number of hydrogen-bond acceptors (Lipinski definition) is 6. The molecule has 0 saturated carbocycles. The van der Waals surface area contributed by atoms with Crippen molar-refractivity contribution in [1.82, 2.24) is 24.6 Å². The number of aryl methyl sites for hydroxylation is 2. The average Bonchev–Trinajstić information content (AvgIpc) is 3.47. The maximum atomic E-state index is 13.4. The van der Waals surface area contributed by atoms with Crippen LogP contribution in [0.5, 0.6) is 0 Å². The van der Waals surface area contributed by atoms with Gasteiger partial charge >= 0.3 is 0 Å². The zero-order valence-corrected chi connectivity index (χ0v) is 21.7. The van der Waals surface area contributed by atoms with Crippen LogP contribution in [0, 0.1) is 6.92 Å². The first kappa shape index (κ1) is 25.7. The molecule has 0 aliphatic heterocycles. The fraction of sp³-hybridized carbons (Fsp3) is 0.333. The number of ketones is 1. The van der Waals surface area contributed by atoms with E-state index in [4.69, 9.17) is 0 Å². The number of para-hydroxylation sites is 1. The first-order valence-corrected chi connectivity index (χ1v) is 13.0. The second-order valence-corrected chi connectivity index (χ2v) is 9.94. The fourth-order valence-corrected chi connectivity index (χ4v) is 5.29. The summed E-state index contributed by atoms with van der Waals surface area (Å²) < 4.78 is 3.91. The predicted octanol–water partition coefficient (Wildman–Crippen LogP) is 4.41. The molecule has 0 radical (unpaired) electrons. The number of benzene rings is 2. The number of carbonyl (C=O) groups is 2. The largest absolute Gasteiger partial charge is 0.394 e. The molecule has 0 bridgehead atoms. The summed E-state index contributed by atoms with van der Waals surface area (Å²) in [6.07, 6.45) is 1.92. The Morgan fingerprint density at radius 1 is 1.08 bits per heavy atom. The lowest BCUT2D eigenvalue weighted by molar-refractivity contribution is 0.0911. The highest BCUT2D eigenvalue weighted by atomic mass is 32.2. The summed E-state index contributed by atoms with van der Waals surface area (Å²) in [6, 6.07) is 14.4. The van der Waals surface area contributed by atoms with Gasteiger partial charge in [-0.2, -0.15) is 0 Å². The summed E-state index contributed by atoms with van der Waals surface area (Å²) in [6.45, 7) is 8.75. The third-order valence-corrected chi connectivity index (χ3v) is 7.27. The first-order valence-electron chi connectivity index (χ1n) is 12.1. The number of amides is 1. The third kappa shape index (κ3) is 5.08. The molecule has 2 atom stereocenters. The van der Waals surface area contributed by atoms with Crippen LogP contribution < -0.4 is 5.32 Å². The van der Waals surface area contributed by atoms with Crippen LogP contribution in [-0.2, 0) is 13.1 Å². The van der Waals surface area contributed by atoms with Gasteiger partial charge in [-0.1, -0.05) is 47.7 Å². The molecule has 36 heavy (non-hydrogen) atoms.